The van der Waals surface area contributed by atoms with Gasteiger partial charge >= 0.3 is 5.97 Å². The molecule has 0 saturated carbocycles. The summed E-state index contributed by atoms with van der Waals surface area (Å²) in [7, 11) is 0. The summed E-state index contributed by atoms with van der Waals surface area (Å²) in [5.74, 6) is 0.360. The third kappa shape index (κ3) is 4.75. The van der Waals surface area contributed by atoms with E-state index in [1.165, 1.54) is 0 Å². The maximum atomic E-state index is 13.1. The summed E-state index contributed by atoms with van der Waals surface area (Å²) in [6, 6.07) is 18.5. The molecule has 0 atom stereocenters. The summed E-state index contributed by atoms with van der Waals surface area (Å²) in [6.07, 6.45) is 1.07. The van der Waals surface area contributed by atoms with Crippen molar-refractivity contribution in [1.82, 2.24) is 4.90 Å². The number of nitrogens with zero attached hydrogens (tertiary/aromatic N) is 2. The van der Waals surface area contributed by atoms with E-state index in [1.807, 2.05) is 30.3 Å². The van der Waals surface area contributed by atoms with Gasteiger partial charge in [0.25, 0.3) is 0 Å². The summed E-state index contributed by atoms with van der Waals surface area (Å²) >= 11 is 0. The first-order chi connectivity index (χ1) is 14.0. The number of amides is 1. The van der Waals surface area contributed by atoms with Crippen molar-refractivity contribution in [2.75, 3.05) is 26.3 Å². The highest BCUT2D eigenvalue weighted by Crippen LogP contribution is 2.37. The second-order valence-electron chi connectivity index (χ2n) is 7.07. The second kappa shape index (κ2) is 9.24. The van der Waals surface area contributed by atoms with Crippen molar-refractivity contribution < 1.29 is 19.1 Å². The van der Waals surface area contributed by atoms with Gasteiger partial charge in [0, 0.05) is 20.0 Å². The zero-order valence-electron chi connectivity index (χ0n) is 16.5. The van der Waals surface area contributed by atoms with Crippen molar-refractivity contribution in [3.8, 4) is 11.8 Å². The number of carbonyl (C=O) groups is 2. The molecule has 0 unspecified atom stereocenters. The Morgan fingerprint density at radius 2 is 1.69 bits per heavy atom. The van der Waals surface area contributed by atoms with Crippen molar-refractivity contribution in [1.29, 1.82) is 5.26 Å². The molecule has 2 aromatic carbocycles. The van der Waals surface area contributed by atoms with Crippen molar-refractivity contribution >= 4 is 11.9 Å². The molecule has 0 bridgehead atoms. The van der Waals surface area contributed by atoms with Crippen LogP contribution in [-0.2, 0) is 19.7 Å². The SMILES string of the molecule is CC(=O)N1CCC(C(=O)OCCOc2ccc(C#N)cc2)(c2ccccc2)CC1. The molecule has 2 aromatic rings. The van der Waals surface area contributed by atoms with E-state index in [-0.39, 0.29) is 25.1 Å². The van der Waals surface area contributed by atoms with Gasteiger partial charge in [-0.15, -0.1) is 0 Å². The lowest BCUT2D eigenvalue weighted by Crippen LogP contribution is -2.49. The average molecular weight is 392 g/mol. The number of benzene rings is 2. The standard InChI is InChI=1S/C23H24N2O4/c1-18(26)25-13-11-23(12-14-25,20-5-3-2-4-6-20)22(27)29-16-15-28-21-9-7-19(17-24)8-10-21/h2-10H,11-16H2,1H3. The van der Waals surface area contributed by atoms with Crippen molar-refractivity contribution in [2.45, 2.75) is 25.2 Å². The predicted octanol–water partition coefficient (Wildman–Crippen LogP) is 3.06. The van der Waals surface area contributed by atoms with Gasteiger partial charge in [0.05, 0.1) is 17.0 Å². The van der Waals surface area contributed by atoms with Gasteiger partial charge in [-0.1, -0.05) is 30.3 Å². The maximum absolute atomic E-state index is 13.1. The summed E-state index contributed by atoms with van der Waals surface area (Å²) in [6.45, 7) is 2.96. The number of hydrogen-bond acceptors (Lipinski definition) is 5. The van der Waals surface area contributed by atoms with E-state index >= 15 is 0 Å². The molecule has 3 rings (SSSR count). The molecule has 29 heavy (non-hydrogen) atoms. The molecule has 1 saturated heterocycles. The van der Waals surface area contributed by atoms with Crippen LogP contribution in [0.4, 0.5) is 0 Å². The minimum atomic E-state index is -0.748. The number of rotatable bonds is 6. The van der Waals surface area contributed by atoms with Crippen molar-refractivity contribution in [3.63, 3.8) is 0 Å². The molecule has 1 aliphatic rings. The number of hydrogen-bond donors (Lipinski definition) is 0. The highest BCUT2D eigenvalue weighted by atomic mass is 16.6. The fraction of sp³-hybridized carbons (Fsp3) is 0.348. The number of nitriles is 1. The summed E-state index contributed by atoms with van der Waals surface area (Å²) in [5, 5.41) is 8.82. The van der Waals surface area contributed by atoms with Gasteiger partial charge in [-0.3, -0.25) is 9.59 Å². The highest BCUT2D eigenvalue weighted by molar-refractivity contribution is 5.84. The largest absolute Gasteiger partial charge is 0.490 e. The topological polar surface area (TPSA) is 79.6 Å². The Morgan fingerprint density at radius 1 is 1.03 bits per heavy atom. The van der Waals surface area contributed by atoms with Gasteiger partial charge in [0.1, 0.15) is 19.0 Å². The molecule has 1 aliphatic heterocycles. The summed E-state index contributed by atoms with van der Waals surface area (Å²) in [5.41, 5.74) is 0.730. The highest BCUT2D eigenvalue weighted by Gasteiger charge is 2.44. The smallest absolute Gasteiger partial charge is 0.316 e. The molecule has 0 aliphatic carbocycles. The Bertz CT molecular complexity index is 879. The van der Waals surface area contributed by atoms with E-state index in [0.717, 1.165) is 5.56 Å². The van der Waals surface area contributed by atoms with Crippen LogP contribution in [0.5, 0.6) is 5.75 Å². The van der Waals surface area contributed by atoms with Gasteiger partial charge in [-0.2, -0.15) is 5.26 Å². The maximum Gasteiger partial charge on any atom is 0.316 e. The molecular weight excluding hydrogens is 368 g/mol. The van der Waals surface area contributed by atoms with Crippen LogP contribution in [0.25, 0.3) is 0 Å². The zero-order valence-corrected chi connectivity index (χ0v) is 16.5. The quantitative estimate of drug-likeness (QED) is 0.558. The molecule has 1 heterocycles. The van der Waals surface area contributed by atoms with Gasteiger partial charge < -0.3 is 14.4 Å². The Morgan fingerprint density at radius 3 is 2.28 bits per heavy atom. The number of carbonyl (C=O) groups excluding carboxylic acids is 2. The van der Waals surface area contributed by atoms with Crippen molar-refractivity contribution in [2.24, 2.45) is 0 Å². The number of likely N-dealkylation sites (tertiary alicyclic amines) is 1. The molecule has 6 nitrogen and oxygen atoms in total. The monoisotopic (exact) mass is 392 g/mol. The van der Waals surface area contributed by atoms with Crippen LogP contribution < -0.4 is 4.74 Å². The molecule has 0 radical (unpaired) electrons. The fourth-order valence-corrected chi connectivity index (χ4v) is 3.63. The minimum absolute atomic E-state index is 0.0239. The van der Waals surface area contributed by atoms with E-state index in [2.05, 4.69) is 6.07 Å². The summed E-state index contributed by atoms with van der Waals surface area (Å²) in [4.78, 5) is 26.5. The first kappa shape index (κ1) is 20.4. The first-order valence-electron chi connectivity index (χ1n) is 9.66. The Balaban J connectivity index is 1.61. The molecule has 0 N–H and O–H groups in total. The Kier molecular flexibility index (Phi) is 6.50. The van der Waals surface area contributed by atoms with Crippen LogP contribution >= 0.6 is 0 Å². The van der Waals surface area contributed by atoms with E-state index in [1.54, 1.807) is 36.1 Å². The number of ether oxygens (including phenoxy) is 2. The third-order valence-corrected chi connectivity index (χ3v) is 5.35. The van der Waals surface area contributed by atoms with Crippen LogP contribution in [0.1, 0.15) is 30.9 Å². The van der Waals surface area contributed by atoms with E-state index < -0.39 is 5.41 Å². The van der Waals surface area contributed by atoms with Crippen LogP contribution in [0, 0.1) is 11.3 Å². The molecule has 1 fully saturated rings. The van der Waals surface area contributed by atoms with Crippen LogP contribution in [0.2, 0.25) is 0 Å². The number of piperidine rings is 1. The molecule has 1 amide bonds. The van der Waals surface area contributed by atoms with Gasteiger partial charge in [-0.25, -0.2) is 0 Å². The number of esters is 1. The molecule has 150 valence electrons. The molecule has 0 aromatic heterocycles. The second-order valence-corrected chi connectivity index (χ2v) is 7.07. The lowest BCUT2D eigenvalue weighted by molar-refractivity contribution is -0.155. The lowest BCUT2D eigenvalue weighted by Gasteiger charge is -2.40. The van der Waals surface area contributed by atoms with Crippen LogP contribution in [-0.4, -0.2) is 43.1 Å². The van der Waals surface area contributed by atoms with Crippen LogP contribution in [0.3, 0.4) is 0 Å². The van der Waals surface area contributed by atoms with Crippen molar-refractivity contribution in [3.05, 3.63) is 65.7 Å². The van der Waals surface area contributed by atoms with Gasteiger partial charge in [0.2, 0.25) is 5.91 Å². The third-order valence-electron chi connectivity index (χ3n) is 5.35. The molecule has 0 spiro atoms. The fourth-order valence-electron chi connectivity index (χ4n) is 3.63. The first-order valence-corrected chi connectivity index (χ1v) is 9.66. The van der Waals surface area contributed by atoms with E-state index in [0.29, 0.717) is 37.2 Å². The van der Waals surface area contributed by atoms with Gasteiger partial charge in [0.15, 0.2) is 0 Å². The molecule has 6 heteroatoms. The van der Waals surface area contributed by atoms with E-state index in [9.17, 15) is 9.59 Å². The lowest BCUT2D eigenvalue weighted by atomic mass is 9.72. The van der Waals surface area contributed by atoms with E-state index in [4.69, 9.17) is 14.7 Å². The normalized spacial score (nSPS) is 15.2. The zero-order chi connectivity index (χ0) is 20.7. The Hall–Kier alpha value is -3.33. The molecular formula is C23H24N2O4. The average Bonchev–Trinajstić information content (AvgIpc) is 2.77. The summed E-state index contributed by atoms with van der Waals surface area (Å²) < 4.78 is 11.2. The van der Waals surface area contributed by atoms with Crippen LogP contribution in [0.15, 0.2) is 54.6 Å². The Labute approximate surface area is 170 Å². The predicted molar refractivity (Wildman–Crippen MR) is 107 cm³/mol. The van der Waals surface area contributed by atoms with Gasteiger partial charge in [-0.05, 0) is 42.7 Å². The minimum Gasteiger partial charge on any atom is -0.490 e.